The highest BCUT2D eigenvalue weighted by Crippen LogP contribution is 2.37. The molecule has 26 heavy (non-hydrogen) atoms. The van der Waals surface area contributed by atoms with E-state index in [-0.39, 0.29) is 12.5 Å². The number of morpholine rings is 1. The lowest BCUT2D eigenvalue weighted by Gasteiger charge is -2.41. The normalized spacial score (nSPS) is 23.0. The van der Waals surface area contributed by atoms with Gasteiger partial charge < -0.3 is 14.7 Å². The predicted molar refractivity (Wildman–Crippen MR) is 95.8 cm³/mol. The van der Waals surface area contributed by atoms with Gasteiger partial charge in [-0.15, -0.1) is 0 Å². The van der Waals surface area contributed by atoms with Gasteiger partial charge in [-0.1, -0.05) is 30.3 Å². The highest BCUT2D eigenvalue weighted by Gasteiger charge is 2.38. The van der Waals surface area contributed by atoms with Gasteiger partial charge in [0.05, 0.1) is 25.3 Å². The maximum Gasteiger partial charge on any atom is 0.257 e. The Morgan fingerprint density at radius 1 is 1.23 bits per heavy atom. The van der Waals surface area contributed by atoms with E-state index >= 15 is 0 Å². The number of aliphatic hydroxyl groups is 1. The second-order valence-corrected chi connectivity index (χ2v) is 7.18. The molecule has 1 saturated carbocycles. The summed E-state index contributed by atoms with van der Waals surface area (Å²) in [6, 6.07) is 9.89. The summed E-state index contributed by atoms with van der Waals surface area (Å²) < 4.78 is 5.92. The second kappa shape index (κ2) is 7.13. The molecule has 1 aliphatic heterocycles. The van der Waals surface area contributed by atoms with Gasteiger partial charge in [-0.2, -0.15) is 0 Å². The molecule has 0 bridgehead atoms. The van der Waals surface area contributed by atoms with Gasteiger partial charge in [0.15, 0.2) is 0 Å². The average molecular weight is 353 g/mol. The van der Waals surface area contributed by atoms with Gasteiger partial charge >= 0.3 is 0 Å². The topological polar surface area (TPSA) is 75.6 Å². The van der Waals surface area contributed by atoms with Crippen molar-refractivity contribution in [3.8, 4) is 0 Å². The number of carbonyl (C=O) groups excluding carboxylic acids is 1. The van der Waals surface area contributed by atoms with E-state index in [1.165, 1.54) is 0 Å². The van der Waals surface area contributed by atoms with Crippen LogP contribution < -0.4 is 0 Å². The molecule has 1 N–H and O–H groups in total. The first kappa shape index (κ1) is 17.1. The van der Waals surface area contributed by atoms with Gasteiger partial charge in [-0.25, -0.2) is 9.97 Å². The highest BCUT2D eigenvalue weighted by atomic mass is 16.5. The Bertz CT molecular complexity index is 762. The minimum absolute atomic E-state index is 0.110. The largest absolute Gasteiger partial charge is 0.393 e. The van der Waals surface area contributed by atoms with E-state index in [0.717, 1.165) is 24.2 Å². The standard InChI is InChI=1S/C20H23N3O3/c24-14-20(10-15-4-2-1-3-5-15)13-23(8-9-26-20)19(25)17-11-21-18(22-12-17)16-6-7-16/h1-5,11-12,16,24H,6-10,13-14H2/t20-/m0/s1. The number of benzene rings is 1. The molecule has 6 heteroatoms. The molecule has 2 aromatic rings. The molecule has 2 aliphatic rings. The fourth-order valence-electron chi connectivity index (χ4n) is 3.43. The summed E-state index contributed by atoms with van der Waals surface area (Å²) in [6.45, 7) is 1.12. The third-order valence-corrected chi connectivity index (χ3v) is 5.05. The molecular formula is C20H23N3O3. The lowest BCUT2D eigenvalue weighted by atomic mass is 9.93. The Kier molecular flexibility index (Phi) is 4.70. The quantitative estimate of drug-likeness (QED) is 0.887. The van der Waals surface area contributed by atoms with E-state index in [4.69, 9.17) is 4.74 Å². The first-order valence-corrected chi connectivity index (χ1v) is 9.09. The number of amides is 1. The van der Waals surface area contributed by atoms with Crippen LogP contribution in [0.15, 0.2) is 42.7 Å². The van der Waals surface area contributed by atoms with Crippen molar-refractivity contribution >= 4 is 5.91 Å². The van der Waals surface area contributed by atoms with Crippen LogP contribution in [0.5, 0.6) is 0 Å². The third-order valence-electron chi connectivity index (χ3n) is 5.05. The molecule has 1 atom stereocenters. The first-order chi connectivity index (χ1) is 12.7. The Hall–Kier alpha value is -2.31. The van der Waals surface area contributed by atoms with Gasteiger partial charge in [0.25, 0.3) is 5.91 Å². The minimum Gasteiger partial charge on any atom is -0.393 e. The van der Waals surface area contributed by atoms with Gasteiger partial charge in [0.1, 0.15) is 11.4 Å². The number of ether oxygens (including phenoxy) is 1. The number of aliphatic hydroxyl groups excluding tert-OH is 1. The molecule has 0 unspecified atom stereocenters. The Labute approximate surface area is 152 Å². The van der Waals surface area contributed by atoms with Crippen LogP contribution in [0.2, 0.25) is 0 Å². The Balaban J connectivity index is 1.48. The second-order valence-electron chi connectivity index (χ2n) is 7.18. The lowest BCUT2D eigenvalue weighted by molar-refractivity contribution is -0.123. The molecule has 1 aromatic carbocycles. The number of nitrogens with zero attached hydrogens (tertiary/aromatic N) is 3. The molecular weight excluding hydrogens is 330 g/mol. The SMILES string of the molecule is O=C(c1cnc(C2CC2)nc1)N1CCO[C@@](CO)(Cc2ccccc2)C1. The number of aromatic nitrogens is 2. The van der Waals surface area contributed by atoms with Crippen LogP contribution in [0.1, 0.15) is 40.5 Å². The summed E-state index contributed by atoms with van der Waals surface area (Å²) >= 11 is 0. The Morgan fingerprint density at radius 2 is 1.96 bits per heavy atom. The van der Waals surface area contributed by atoms with Crippen LogP contribution in [-0.2, 0) is 11.2 Å². The molecule has 4 rings (SSSR count). The molecule has 1 amide bonds. The summed E-state index contributed by atoms with van der Waals surface area (Å²) in [5, 5.41) is 9.99. The van der Waals surface area contributed by atoms with E-state index in [9.17, 15) is 9.90 Å². The minimum atomic E-state index is -0.774. The van der Waals surface area contributed by atoms with Crippen molar-refractivity contribution in [2.45, 2.75) is 30.8 Å². The number of rotatable bonds is 5. The van der Waals surface area contributed by atoms with Gasteiger partial charge in [0, 0.05) is 31.3 Å². The number of carbonyl (C=O) groups is 1. The molecule has 1 aliphatic carbocycles. The van der Waals surface area contributed by atoms with Crippen molar-refractivity contribution in [2.75, 3.05) is 26.3 Å². The Morgan fingerprint density at radius 3 is 2.62 bits per heavy atom. The summed E-state index contributed by atoms with van der Waals surface area (Å²) in [5.74, 6) is 1.19. The first-order valence-electron chi connectivity index (χ1n) is 9.09. The molecule has 2 heterocycles. The zero-order valence-electron chi connectivity index (χ0n) is 14.7. The molecule has 0 radical (unpaired) electrons. The lowest BCUT2D eigenvalue weighted by Crippen LogP contribution is -2.56. The van der Waals surface area contributed by atoms with Crippen molar-refractivity contribution in [1.82, 2.24) is 14.9 Å². The molecule has 2 fully saturated rings. The monoisotopic (exact) mass is 353 g/mol. The molecule has 0 spiro atoms. The van der Waals surface area contributed by atoms with Gasteiger partial charge in [0.2, 0.25) is 0 Å². The zero-order valence-corrected chi connectivity index (χ0v) is 14.7. The molecule has 6 nitrogen and oxygen atoms in total. The van der Waals surface area contributed by atoms with Crippen LogP contribution in [-0.4, -0.2) is 57.8 Å². The van der Waals surface area contributed by atoms with E-state index in [1.54, 1.807) is 17.3 Å². The maximum absolute atomic E-state index is 12.9. The fourth-order valence-corrected chi connectivity index (χ4v) is 3.43. The van der Waals surface area contributed by atoms with E-state index in [0.29, 0.717) is 37.6 Å². The van der Waals surface area contributed by atoms with Crippen molar-refractivity contribution in [1.29, 1.82) is 0 Å². The van der Waals surface area contributed by atoms with E-state index in [1.807, 2.05) is 30.3 Å². The van der Waals surface area contributed by atoms with Gasteiger partial charge in [-0.05, 0) is 18.4 Å². The summed E-state index contributed by atoms with van der Waals surface area (Å²) in [7, 11) is 0. The number of hydrogen-bond acceptors (Lipinski definition) is 5. The van der Waals surface area contributed by atoms with Crippen molar-refractivity contribution < 1.29 is 14.6 Å². The fraction of sp³-hybridized carbons (Fsp3) is 0.450. The van der Waals surface area contributed by atoms with Crippen LogP contribution >= 0.6 is 0 Å². The van der Waals surface area contributed by atoms with Crippen LogP contribution in [0, 0.1) is 0 Å². The van der Waals surface area contributed by atoms with Crippen LogP contribution in [0.4, 0.5) is 0 Å². The predicted octanol–water partition coefficient (Wildman–Crippen LogP) is 1.80. The van der Waals surface area contributed by atoms with E-state index < -0.39 is 5.60 Å². The van der Waals surface area contributed by atoms with Crippen LogP contribution in [0.3, 0.4) is 0 Å². The molecule has 1 saturated heterocycles. The molecule has 1 aromatic heterocycles. The smallest absolute Gasteiger partial charge is 0.257 e. The van der Waals surface area contributed by atoms with Crippen molar-refractivity contribution in [2.24, 2.45) is 0 Å². The van der Waals surface area contributed by atoms with Crippen molar-refractivity contribution in [3.63, 3.8) is 0 Å². The van der Waals surface area contributed by atoms with Gasteiger partial charge in [-0.3, -0.25) is 4.79 Å². The van der Waals surface area contributed by atoms with Crippen LogP contribution in [0.25, 0.3) is 0 Å². The van der Waals surface area contributed by atoms with E-state index in [2.05, 4.69) is 9.97 Å². The number of hydrogen-bond donors (Lipinski definition) is 1. The highest BCUT2D eigenvalue weighted by molar-refractivity contribution is 5.93. The van der Waals surface area contributed by atoms with Crippen molar-refractivity contribution in [3.05, 3.63) is 59.7 Å². The summed E-state index contributed by atoms with van der Waals surface area (Å²) in [4.78, 5) is 23.3. The maximum atomic E-state index is 12.9. The molecule has 136 valence electrons. The zero-order chi connectivity index (χ0) is 18.0. The summed E-state index contributed by atoms with van der Waals surface area (Å²) in [5.41, 5.74) is 0.792. The summed E-state index contributed by atoms with van der Waals surface area (Å²) in [6.07, 6.45) is 6.07. The average Bonchev–Trinajstić information content (AvgIpc) is 3.54. The third kappa shape index (κ3) is 3.61.